The summed E-state index contributed by atoms with van der Waals surface area (Å²) in [5.41, 5.74) is 6.25. The van der Waals surface area contributed by atoms with Gasteiger partial charge in [0, 0.05) is 33.9 Å². The van der Waals surface area contributed by atoms with E-state index in [1.165, 1.54) is 0 Å². The summed E-state index contributed by atoms with van der Waals surface area (Å²) in [5, 5.41) is 0. The topological polar surface area (TPSA) is 60.6 Å². The van der Waals surface area contributed by atoms with Crippen molar-refractivity contribution in [3.8, 4) is 0 Å². The second kappa shape index (κ2) is 8.79. The Bertz CT molecular complexity index is 401. The molecular formula is C13H21N3O2S. The summed E-state index contributed by atoms with van der Waals surface area (Å²) in [6, 6.07) is 5.67. The number of rotatable bonds is 9. The number of nitrogens with two attached hydrogens (primary N) is 1. The molecule has 106 valence electrons. The number of thiocarbonyl (C=S) groups is 1. The van der Waals surface area contributed by atoms with Crippen LogP contribution in [0.3, 0.4) is 0 Å². The predicted molar refractivity (Wildman–Crippen MR) is 80.7 cm³/mol. The van der Waals surface area contributed by atoms with Crippen molar-refractivity contribution in [1.82, 2.24) is 4.98 Å². The molecule has 0 saturated carbocycles. The Morgan fingerprint density at radius 1 is 1.26 bits per heavy atom. The van der Waals surface area contributed by atoms with E-state index in [0.717, 1.165) is 31.9 Å². The number of nitrogens with zero attached hydrogens (tertiary/aromatic N) is 2. The van der Waals surface area contributed by atoms with Crippen LogP contribution >= 0.6 is 12.2 Å². The van der Waals surface area contributed by atoms with E-state index in [2.05, 4.69) is 9.88 Å². The first-order valence-corrected chi connectivity index (χ1v) is 6.59. The molecule has 1 aromatic heterocycles. The van der Waals surface area contributed by atoms with Gasteiger partial charge in [-0.25, -0.2) is 4.98 Å². The Balaban J connectivity index is 2.76. The quantitative estimate of drug-likeness (QED) is 0.543. The van der Waals surface area contributed by atoms with Gasteiger partial charge in [0.2, 0.25) is 0 Å². The molecule has 5 nitrogen and oxygen atoms in total. The normalized spacial score (nSPS) is 10.4. The standard InChI is InChI=1S/C13H21N3O2S/c1-17-9-4-7-16(8-10-18-2)12-6-3-5-11(15-12)13(14)19/h3,5-6H,4,7-10H2,1-2H3,(H2,14,19). The second-order valence-electron chi connectivity index (χ2n) is 4.07. The van der Waals surface area contributed by atoms with Crippen LogP contribution in [0.25, 0.3) is 0 Å². The van der Waals surface area contributed by atoms with Gasteiger partial charge in [0.05, 0.1) is 12.3 Å². The fourth-order valence-electron chi connectivity index (χ4n) is 1.68. The Kier molecular flexibility index (Phi) is 7.32. The zero-order valence-corrected chi connectivity index (χ0v) is 12.3. The van der Waals surface area contributed by atoms with Gasteiger partial charge in [-0.15, -0.1) is 0 Å². The molecule has 0 aliphatic heterocycles. The maximum absolute atomic E-state index is 5.61. The fourth-order valence-corrected chi connectivity index (χ4v) is 1.79. The van der Waals surface area contributed by atoms with E-state index in [-0.39, 0.29) is 0 Å². The van der Waals surface area contributed by atoms with Crippen LogP contribution in [0.5, 0.6) is 0 Å². The fraction of sp³-hybridized carbons (Fsp3) is 0.538. The van der Waals surface area contributed by atoms with E-state index in [4.69, 9.17) is 27.4 Å². The number of hydrogen-bond donors (Lipinski definition) is 1. The third-order valence-corrected chi connectivity index (χ3v) is 2.86. The van der Waals surface area contributed by atoms with Crippen LogP contribution in [-0.4, -0.2) is 50.5 Å². The summed E-state index contributed by atoms with van der Waals surface area (Å²) < 4.78 is 10.2. The average molecular weight is 283 g/mol. The summed E-state index contributed by atoms with van der Waals surface area (Å²) in [6.07, 6.45) is 0.930. The molecule has 0 spiro atoms. The van der Waals surface area contributed by atoms with Gasteiger partial charge in [0.15, 0.2) is 0 Å². The number of pyridine rings is 1. The summed E-state index contributed by atoms with van der Waals surface area (Å²) in [5.74, 6) is 0.860. The van der Waals surface area contributed by atoms with Gasteiger partial charge in [-0.2, -0.15) is 0 Å². The minimum Gasteiger partial charge on any atom is -0.388 e. The van der Waals surface area contributed by atoms with Crippen molar-refractivity contribution < 1.29 is 9.47 Å². The lowest BCUT2D eigenvalue weighted by Crippen LogP contribution is -2.30. The van der Waals surface area contributed by atoms with Crippen molar-refractivity contribution in [2.24, 2.45) is 5.73 Å². The number of ether oxygens (including phenoxy) is 2. The van der Waals surface area contributed by atoms with Crippen molar-refractivity contribution in [1.29, 1.82) is 0 Å². The van der Waals surface area contributed by atoms with Gasteiger partial charge in [-0.05, 0) is 18.6 Å². The van der Waals surface area contributed by atoms with Gasteiger partial charge in [-0.3, -0.25) is 0 Å². The third-order valence-electron chi connectivity index (χ3n) is 2.65. The summed E-state index contributed by atoms with van der Waals surface area (Å²) >= 11 is 4.95. The molecule has 0 unspecified atom stereocenters. The minimum absolute atomic E-state index is 0.311. The van der Waals surface area contributed by atoms with Crippen LogP contribution in [0.4, 0.5) is 5.82 Å². The molecule has 0 amide bonds. The van der Waals surface area contributed by atoms with Crippen LogP contribution < -0.4 is 10.6 Å². The van der Waals surface area contributed by atoms with Crippen molar-refractivity contribution in [2.75, 3.05) is 45.4 Å². The van der Waals surface area contributed by atoms with E-state index >= 15 is 0 Å². The Hall–Kier alpha value is -1.24. The second-order valence-corrected chi connectivity index (χ2v) is 4.51. The largest absolute Gasteiger partial charge is 0.388 e. The molecule has 1 aromatic rings. The molecule has 0 aliphatic carbocycles. The Labute approximate surface area is 119 Å². The molecular weight excluding hydrogens is 262 g/mol. The zero-order chi connectivity index (χ0) is 14.1. The first kappa shape index (κ1) is 15.8. The van der Waals surface area contributed by atoms with Gasteiger partial charge < -0.3 is 20.1 Å². The highest BCUT2D eigenvalue weighted by Crippen LogP contribution is 2.12. The Morgan fingerprint density at radius 3 is 2.63 bits per heavy atom. The van der Waals surface area contributed by atoms with Crippen LogP contribution in [0.2, 0.25) is 0 Å². The number of methoxy groups -OCH3 is 2. The Morgan fingerprint density at radius 2 is 2.00 bits per heavy atom. The van der Waals surface area contributed by atoms with Crippen LogP contribution in [0, 0.1) is 0 Å². The highest BCUT2D eigenvalue weighted by atomic mass is 32.1. The molecule has 0 radical (unpaired) electrons. The first-order chi connectivity index (χ1) is 9.19. The maximum Gasteiger partial charge on any atom is 0.129 e. The highest BCUT2D eigenvalue weighted by Gasteiger charge is 2.09. The number of anilines is 1. The molecule has 19 heavy (non-hydrogen) atoms. The maximum atomic E-state index is 5.61. The van der Waals surface area contributed by atoms with Gasteiger partial charge in [0.1, 0.15) is 10.8 Å². The molecule has 0 saturated heterocycles. The molecule has 0 bridgehead atoms. The number of aromatic nitrogens is 1. The lowest BCUT2D eigenvalue weighted by molar-refractivity contribution is 0.191. The van der Waals surface area contributed by atoms with E-state index in [0.29, 0.717) is 17.3 Å². The molecule has 2 N–H and O–H groups in total. The van der Waals surface area contributed by atoms with Gasteiger partial charge >= 0.3 is 0 Å². The monoisotopic (exact) mass is 283 g/mol. The SMILES string of the molecule is COCCCN(CCOC)c1cccc(C(N)=S)n1. The smallest absolute Gasteiger partial charge is 0.129 e. The van der Waals surface area contributed by atoms with Crippen molar-refractivity contribution in [3.05, 3.63) is 23.9 Å². The van der Waals surface area contributed by atoms with Crippen molar-refractivity contribution in [2.45, 2.75) is 6.42 Å². The van der Waals surface area contributed by atoms with Crippen LogP contribution in [0.1, 0.15) is 12.1 Å². The molecule has 0 aliphatic rings. The molecule has 0 atom stereocenters. The lowest BCUT2D eigenvalue weighted by Gasteiger charge is -2.23. The first-order valence-electron chi connectivity index (χ1n) is 6.18. The van der Waals surface area contributed by atoms with Crippen LogP contribution in [0.15, 0.2) is 18.2 Å². The number of hydrogen-bond acceptors (Lipinski definition) is 5. The zero-order valence-electron chi connectivity index (χ0n) is 11.5. The summed E-state index contributed by atoms with van der Waals surface area (Å²) in [4.78, 5) is 6.92. The minimum atomic E-state index is 0.311. The summed E-state index contributed by atoms with van der Waals surface area (Å²) in [7, 11) is 3.39. The van der Waals surface area contributed by atoms with E-state index in [9.17, 15) is 0 Å². The molecule has 0 fully saturated rings. The summed E-state index contributed by atoms with van der Waals surface area (Å²) in [6.45, 7) is 2.99. The van der Waals surface area contributed by atoms with Gasteiger partial charge in [-0.1, -0.05) is 18.3 Å². The van der Waals surface area contributed by atoms with E-state index < -0.39 is 0 Å². The van der Waals surface area contributed by atoms with E-state index in [1.807, 2.05) is 18.2 Å². The lowest BCUT2D eigenvalue weighted by atomic mass is 10.3. The highest BCUT2D eigenvalue weighted by molar-refractivity contribution is 7.80. The van der Waals surface area contributed by atoms with Gasteiger partial charge in [0.25, 0.3) is 0 Å². The molecule has 1 rings (SSSR count). The van der Waals surface area contributed by atoms with Crippen molar-refractivity contribution >= 4 is 23.0 Å². The third kappa shape index (κ3) is 5.50. The van der Waals surface area contributed by atoms with Crippen molar-refractivity contribution in [3.63, 3.8) is 0 Å². The predicted octanol–water partition coefficient (Wildman–Crippen LogP) is 1.21. The average Bonchev–Trinajstić information content (AvgIpc) is 2.43. The van der Waals surface area contributed by atoms with E-state index in [1.54, 1.807) is 14.2 Å². The molecule has 0 aromatic carbocycles. The molecule has 1 heterocycles. The van der Waals surface area contributed by atoms with Crippen LogP contribution in [-0.2, 0) is 9.47 Å². The molecule has 6 heteroatoms.